The van der Waals surface area contributed by atoms with Crippen molar-refractivity contribution < 1.29 is 24.2 Å². The van der Waals surface area contributed by atoms with E-state index in [9.17, 15) is 19.5 Å². The summed E-state index contributed by atoms with van der Waals surface area (Å²) >= 11 is 1.27. The highest BCUT2D eigenvalue weighted by Gasteiger charge is 2.33. The number of carboxylic acid groups (broad SMARTS) is 1. The molecule has 1 atom stereocenters. The van der Waals surface area contributed by atoms with Gasteiger partial charge in [0.15, 0.2) is 4.80 Å². The zero-order valence-corrected chi connectivity index (χ0v) is 25.0. The minimum Gasteiger partial charge on any atom is -0.545 e. The molecule has 1 aliphatic rings. The van der Waals surface area contributed by atoms with Crippen molar-refractivity contribution in [2.45, 2.75) is 26.5 Å². The van der Waals surface area contributed by atoms with E-state index in [0.717, 1.165) is 22.4 Å². The van der Waals surface area contributed by atoms with Crippen LogP contribution in [-0.2, 0) is 16.1 Å². The first kappa shape index (κ1) is 29.5. The minimum atomic E-state index is -1.22. The lowest BCUT2D eigenvalue weighted by Gasteiger charge is -2.25. The number of carbonyl (C=O) groups excluding carboxylic acids is 2. The summed E-state index contributed by atoms with van der Waals surface area (Å²) in [4.78, 5) is 45.0. The number of aromatic carboxylic acids is 1. The van der Waals surface area contributed by atoms with Gasteiger partial charge in [-0.25, -0.2) is 9.79 Å². The number of hydrogen-bond acceptors (Lipinski definition) is 9. The van der Waals surface area contributed by atoms with Crippen molar-refractivity contribution in [2.75, 3.05) is 25.6 Å². The number of hydrogen-bond donors (Lipinski definition) is 0. The average Bonchev–Trinajstić information content (AvgIpc) is 3.30. The molecule has 3 aromatic carbocycles. The summed E-state index contributed by atoms with van der Waals surface area (Å²) < 4.78 is 13.3. The Bertz CT molecular complexity index is 1870. The number of allylic oxidation sites excluding steroid dienone is 1. The van der Waals surface area contributed by atoms with Gasteiger partial charge in [-0.05, 0) is 66.4 Å². The fraction of sp³-hybridized carbons (Fsp3) is 0.212. The Balaban J connectivity index is 1.45. The minimum absolute atomic E-state index is 0.110. The van der Waals surface area contributed by atoms with Crippen molar-refractivity contribution in [2.24, 2.45) is 4.99 Å². The van der Waals surface area contributed by atoms with Crippen molar-refractivity contribution in [1.29, 1.82) is 0 Å². The standard InChI is InChI=1S/C33H31N3O6S/c1-5-41-32(40)28-20(2)34-33-36(29(28)23-12-14-25(15-13-23)35(3)4)30(37)27(43-33)18-21-8-16-26(17-9-21)42-19-22-6-10-24(11-7-22)31(38)39/h6-18,29H,5,19H2,1-4H3,(H,38,39)/p-1/b27-18+/t29-/m0/s1. The summed E-state index contributed by atoms with van der Waals surface area (Å²) in [6.07, 6.45) is 1.79. The molecule has 0 radical (unpaired) electrons. The molecule has 43 heavy (non-hydrogen) atoms. The van der Waals surface area contributed by atoms with Gasteiger partial charge in [0.05, 0.1) is 34.4 Å². The third-order valence-electron chi connectivity index (χ3n) is 7.02. The van der Waals surface area contributed by atoms with Crippen LogP contribution in [0.1, 0.15) is 46.9 Å². The largest absolute Gasteiger partial charge is 0.545 e. The van der Waals surface area contributed by atoms with Crippen molar-refractivity contribution in [3.8, 4) is 5.75 Å². The van der Waals surface area contributed by atoms with Gasteiger partial charge in [-0.15, -0.1) is 0 Å². The van der Waals surface area contributed by atoms with E-state index in [1.54, 1.807) is 48.8 Å². The molecule has 0 fully saturated rings. The molecule has 0 aliphatic carbocycles. The van der Waals surface area contributed by atoms with Crippen molar-refractivity contribution in [3.63, 3.8) is 0 Å². The normalized spacial score (nSPS) is 14.6. The number of anilines is 1. The van der Waals surface area contributed by atoms with Crippen LogP contribution in [0.25, 0.3) is 6.08 Å². The van der Waals surface area contributed by atoms with E-state index < -0.39 is 18.0 Å². The summed E-state index contributed by atoms with van der Waals surface area (Å²) in [5, 5.41) is 10.9. The molecule has 0 amide bonds. The maximum Gasteiger partial charge on any atom is 0.338 e. The smallest absolute Gasteiger partial charge is 0.338 e. The van der Waals surface area contributed by atoms with Gasteiger partial charge in [-0.1, -0.05) is 59.9 Å². The first-order valence-corrected chi connectivity index (χ1v) is 14.5. The predicted molar refractivity (Wildman–Crippen MR) is 163 cm³/mol. The Labute approximate surface area is 252 Å². The summed E-state index contributed by atoms with van der Waals surface area (Å²) in [6.45, 7) is 3.99. The van der Waals surface area contributed by atoms with Gasteiger partial charge in [0.25, 0.3) is 5.56 Å². The van der Waals surface area contributed by atoms with Crippen LogP contribution in [0.5, 0.6) is 5.75 Å². The molecule has 220 valence electrons. The lowest BCUT2D eigenvalue weighted by Crippen LogP contribution is -2.39. The third kappa shape index (κ3) is 6.29. The van der Waals surface area contributed by atoms with E-state index >= 15 is 0 Å². The highest BCUT2D eigenvalue weighted by Crippen LogP contribution is 2.31. The number of carbonyl (C=O) groups is 2. The highest BCUT2D eigenvalue weighted by atomic mass is 32.1. The second kappa shape index (κ2) is 12.5. The average molecular weight is 597 g/mol. The number of ether oxygens (including phenoxy) is 2. The Morgan fingerprint density at radius 3 is 2.30 bits per heavy atom. The van der Waals surface area contributed by atoms with Crippen LogP contribution in [0.4, 0.5) is 5.69 Å². The first-order valence-electron chi connectivity index (χ1n) is 13.7. The third-order valence-corrected chi connectivity index (χ3v) is 8.00. The summed E-state index contributed by atoms with van der Waals surface area (Å²) in [5.74, 6) is -1.09. The monoisotopic (exact) mass is 596 g/mol. The maximum absolute atomic E-state index is 13.8. The van der Waals surface area contributed by atoms with Crippen LogP contribution in [0.2, 0.25) is 0 Å². The molecule has 5 rings (SSSR count). The summed E-state index contributed by atoms with van der Waals surface area (Å²) in [5.41, 5.74) is 4.11. The maximum atomic E-state index is 13.8. The van der Waals surface area contributed by atoms with Crippen LogP contribution in [0.15, 0.2) is 93.9 Å². The lowest BCUT2D eigenvalue weighted by molar-refractivity contribution is -0.255. The Hall–Kier alpha value is -4.96. The first-order chi connectivity index (χ1) is 20.7. The SMILES string of the molecule is CCOC(=O)C1=C(C)N=c2s/c(=C/c3ccc(OCc4ccc(C(=O)[O-])cc4)cc3)c(=O)n2[C@H]1c1ccc(N(C)C)cc1. The Morgan fingerprint density at radius 2 is 1.70 bits per heavy atom. The number of carboxylic acids is 1. The molecule has 0 spiro atoms. The van der Waals surface area contributed by atoms with E-state index in [2.05, 4.69) is 4.99 Å². The molecule has 1 aromatic heterocycles. The number of nitrogens with zero attached hydrogens (tertiary/aromatic N) is 3. The fourth-order valence-corrected chi connectivity index (χ4v) is 5.82. The molecule has 10 heteroatoms. The molecule has 9 nitrogen and oxygen atoms in total. The predicted octanol–water partition coefficient (Wildman–Crippen LogP) is 2.81. The summed E-state index contributed by atoms with van der Waals surface area (Å²) in [7, 11) is 3.90. The molecule has 4 aromatic rings. The molecule has 1 aliphatic heterocycles. The number of thiazole rings is 1. The molecule has 0 bridgehead atoms. The Morgan fingerprint density at radius 1 is 1.02 bits per heavy atom. The van der Waals surface area contributed by atoms with Crippen LogP contribution in [0, 0.1) is 0 Å². The van der Waals surface area contributed by atoms with Crippen molar-refractivity contribution in [3.05, 3.63) is 126 Å². The zero-order chi connectivity index (χ0) is 30.7. The van der Waals surface area contributed by atoms with E-state index in [1.807, 2.05) is 55.4 Å². The van der Waals surface area contributed by atoms with E-state index in [0.29, 0.717) is 26.4 Å². The van der Waals surface area contributed by atoms with E-state index in [-0.39, 0.29) is 24.3 Å². The van der Waals surface area contributed by atoms with Gasteiger partial charge in [0.2, 0.25) is 0 Å². The quantitative estimate of drug-likeness (QED) is 0.273. The fourth-order valence-electron chi connectivity index (χ4n) is 4.78. The van der Waals surface area contributed by atoms with Crippen LogP contribution in [0.3, 0.4) is 0 Å². The van der Waals surface area contributed by atoms with Crippen molar-refractivity contribution in [1.82, 2.24) is 4.57 Å². The van der Waals surface area contributed by atoms with Crippen LogP contribution >= 0.6 is 11.3 Å². The molecule has 0 N–H and O–H groups in total. The second-order valence-electron chi connectivity index (χ2n) is 10.1. The van der Waals surface area contributed by atoms with Gasteiger partial charge in [-0.2, -0.15) is 0 Å². The van der Waals surface area contributed by atoms with Gasteiger partial charge >= 0.3 is 5.97 Å². The van der Waals surface area contributed by atoms with Gasteiger partial charge in [0, 0.05) is 19.8 Å². The Kier molecular flexibility index (Phi) is 8.58. The van der Waals surface area contributed by atoms with Gasteiger partial charge in [-0.3, -0.25) is 9.36 Å². The molecular weight excluding hydrogens is 566 g/mol. The van der Waals surface area contributed by atoms with Crippen molar-refractivity contribution >= 4 is 35.0 Å². The molecule has 0 saturated heterocycles. The zero-order valence-electron chi connectivity index (χ0n) is 24.2. The number of rotatable bonds is 9. The van der Waals surface area contributed by atoms with E-state index in [4.69, 9.17) is 9.47 Å². The molecular formula is C33H30N3O6S-. The highest BCUT2D eigenvalue weighted by molar-refractivity contribution is 7.07. The molecule has 0 unspecified atom stereocenters. The molecule has 0 saturated carbocycles. The van der Waals surface area contributed by atoms with Gasteiger partial charge < -0.3 is 24.3 Å². The summed E-state index contributed by atoms with van der Waals surface area (Å²) in [6, 6.07) is 20.7. The number of esters is 1. The van der Waals surface area contributed by atoms with Crippen LogP contribution < -0.4 is 29.6 Å². The van der Waals surface area contributed by atoms with E-state index in [1.165, 1.54) is 23.5 Å². The lowest BCUT2D eigenvalue weighted by atomic mass is 9.95. The number of benzene rings is 3. The second-order valence-corrected chi connectivity index (χ2v) is 11.1. The number of fused-ring (bicyclic) bond motifs is 1. The number of aromatic nitrogens is 1. The van der Waals surface area contributed by atoms with Crippen LogP contribution in [-0.4, -0.2) is 37.2 Å². The van der Waals surface area contributed by atoms with Gasteiger partial charge in [0.1, 0.15) is 12.4 Å². The molecule has 2 heterocycles. The topological polar surface area (TPSA) is 113 Å².